The maximum absolute atomic E-state index is 11.5. The van der Waals surface area contributed by atoms with Crippen LogP contribution in [0, 0.1) is 12.3 Å². The quantitative estimate of drug-likeness (QED) is 0.940. The van der Waals surface area contributed by atoms with E-state index in [1.807, 2.05) is 25.3 Å². The molecule has 0 unspecified atom stereocenters. The van der Waals surface area contributed by atoms with Gasteiger partial charge in [-0.1, -0.05) is 27.7 Å². The van der Waals surface area contributed by atoms with Crippen LogP contribution in [0.2, 0.25) is 0 Å². The lowest BCUT2D eigenvalue weighted by atomic mass is 10.1. The summed E-state index contributed by atoms with van der Waals surface area (Å²) in [7, 11) is 0. The molecule has 0 radical (unpaired) electrons. The Hall–Kier alpha value is -1.98. The molecule has 6 nitrogen and oxygen atoms in total. The molecule has 2 aromatic rings. The average Bonchev–Trinajstić information content (AvgIpc) is 3.17. The molecule has 0 aliphatic heterocycles. The van der Waals surface area contributed by atoms with Crippen molar-refractivity contribution < 1.29 is 4.79 Å². The van der Waals surface area contributed by atoms with Gasteiger partial charge in [-0.25, -0.2) is 15.0 Å². The highest BCUT2D eigenvalue weighted by molar-refractivity contribution is 5.84. The van der Waals surface area contributed by atoms with Gasteiger partial charge in [-0.15, -0.1) is 0 Å². The largest absolute Gasteiger partial charge is 0.369 e. The lowest BCUT2D eigenvalue weighted by Crippen LogP contribution is -2.28. The van der Waals surface area contributed by atoms with E-state index in [2.05, 4.69) is 28.8 Å². The van der Waals surface area contributed by atoms with Gasteiger partial charge < -0.3 is 10.3 Å². The van der Waals surface area contributed by atoms with Gasteiger partial charge in [-0.2, -0.15) is 0 Å². The summed E-state index contributed by atoms with van der Waals surface area (Å²) in [5.41, 5.74) is 7.68. The van der Waals surface area contributed by atoms with Crippen LogP contribution < -0.4 is 5.73 Å². The van der Waals surface area contributed by atoms with Gasteiger partial charge in [0, 0.05) is 6.54 Å². The molecule has 2 aromatic heterocycles. The van der Waals surface area contributed by atoms with Crippen LogP contribution in [0.3, 0.4) is 0 Å². The number of amides is 1. The maximum Gasteiger partial charge on any atom is 0.225 e. The number of rotatable bonds is 4. The zero-order valence-electron chi connectivity index (χ0n) is 14.1. The highest BCUT2D eigenvalue weighted by atomic mass is 16.1. The molecule has 2 N–H and O–H groups in total. The summed E-state index contributed by atoms with van der Waals surface area (Å²) in [6, 6.07) is 0. The molecule has 0 spiro atoms. The number of hydrogen-bond acceptors (Lipinski definition) is 4. The van der Waals surface area contributed by atoms with Gasteiger partial charge >= 0.3 is 0 Å². The molecule has 0 atom stereocenters. The number of nitrogens with two attached hydrogens (primary N) is 1. The van der Waals surface area contributed by atoms with E-state index in [0.717, 1.165) is 35.5 Å². The Bertz CT molecular complexity index is 685. The number of aromatic nitrogens is 4. The molecule has 22 heavy (non-hydrogen) atoms. The van der Waals surface area contributed by atoms with Crippen molar-refractivity contribution in [2.75, 3.05) is 0 Å². The maximum atomic E-state index is 11.5. The van der Waals surface area contributed by atoms with Crippen molar-refractivity contribution in [3.8, 4) is 0 Å². The number of aryl methyl sites for hydroxylation is 1. The molecule has 1 saturated carbocycles. The van der Waals surface area contributed by atoms with Crippen LogP contribution in [0.4, 0.5) is 0 Å². The van der Waals surface area contributed by atoms with Crippen molar-refractivity contribution in [3.63, 3.8) is 0 Å². The zero-order valence-corrected chi connectivity index (χ0v) is 14.1. The van der Waals surface area contributed by atoms with Crippen molar-refractivity contribution in [1.29, 1.82) is 0 Å². The third-order valence-electron chi connectivity index (χ3n) is 4.00. The van der Waals surface area contributed by atoms with Crippen molar-refractivity contribution in [3.05, 3.63) is 17.8 Å². The van der Waals surface area contributed by atoms with E-state index in [1.165, 1.54) is 0 Å². The monoisotopic (exact) mass is 303 g/mol. The summed E-state index contributed by atoms with van der Waals surface area (Å²) in [5, 5.41) is 0. The van der Waals surface area contributed by atoms with E-state index in [1.54, 1.807) is 6.33 Å². The van der Waals surface area contributed by atoms with Crippen LogP contribution >= 0.6 is 0 Å². The lowest BCUT2D eigenvalue weighted by Gasteiger charge is -2.12. The predicted octanol–water partition coefficient (Wildman–Crippen LogP) is 2.55. The number of carbonyl (C=O) groups is 1. The summed E-state index contributed by atoms with van der Waals surface area (Å²) < 4.78 is 1.94. The first-order valence-corrected chi connectivity index (χ1v) is 7.92. The van der Waals surface area contributed by atoms with Crippen molar-refractivity contribution in [2.24, 2.45) is 11.1 Å². The molecule has 1 aliphatic carbocycles. The van der Waals surface area contributed by atoms with Gasteiger partial charge in [0.05, 0.1) is 17.4 Å². The number of hydrogen-bond donors (Lipinski definition) is 1. The summed E-state index contributed by atoms with van der Waals surface area (Å²) in [6.07, 6.45) is 3.44. The minimum absolute atomic E-state index is 0.228. The fourth-order valence-corrected chi connectivity index (χ4v) is 2.56. The summed E-state index contributed by atoms with van der Waals surface area (Å²) in [4.78, 5) is 25.0. The third-order valence-corrected chi connectivity index (χ3v) is 4.00. The number of imidazole rings is 1. The van der Waals surface area contributed by atoms with Crippen molar-refractivity contribution in [1.82, 2.24) is 19.5 Å². The molecule has 1 fully saturated rings. The second-order valence-corrected chi connectivity index (χ2v) is 6.00. The third kappa shape index (κ3) is 2.82. The first-order chi connectivity index (χ1) is 10.4. The summed E-state index contributed by atoms with van der Waals surface area (Å²) in [6.45, 7) is 10.6. The SMILES string of the molecule is CC.Cc1nc(C(C)C)c2ncn(CC3(C(N)=O)CC3)c2n1. The average molecular weight is 303 g/mol. The molecular weight excluding hydrogens is 278 g/mol. The Labute approximate surface area is 131 Å². The van der Waals surface area contributed by atoms with Gasteiger partial charge in [0.15, 0.2) is 5.65 Å². The zero-order chi connectivity index (χ0) is 16.5. The molecule has 1 amide bonds. The minimum atomic E-state index is -0.398. The molecule has 6 heteroatoms. The fraction of sp³-hybridized carbons (Fsp3) is 0.625. The highest BCUT2D eigenvalue weighted by Crippen LogP contribution is 2.47. The van der Waals surface area contributed by atoms with Crippen LogP contribution in [0.15, 0.2) is 6.33 Å². The number of fused-ring (bicyclic) bond motifs is 1. The van der Waals surface area contributed by atoms with Gasteiger partial charge in [-0.05, 0) is 25.7 Å². The van der Waals surface area contributed by atoms with Gasteiger partial charge in [0.25, 0.3) is 0 Å². The smallest absolute Gasteiger partial charge is 0.225 e. The van der Waals surface area contributed by atoms with Crippen LogP contribution in [-0.2, 0) is 11.3 Å². The summed E-state index contributed by atoms with van der Waals surface area (Å²) >= 11 is 0. The fourth-order valence-electron chi connectivity index (χ4n) is 2.56. The van der Waals surface area contributed by atoms with Crippen LogP contribution in [0.25, 0.3) is 11.2 Å². The Morgan fingerprint density at radius 3 is 2.50 bits per heavy atom. The molecule has 3 rings (SSSR count). The van der Waals surface area contributed by atoms with E-state index in [4.69, 9.17) is 5.73 Å². The minimum Gasteiger partial charge on any atom is -0.369 e. The molecule has 120 valence electrons. The predicted molar refractivity (Wildman–Crippen MR) is 86.4 cm³/mol. The van der Waals surface area contributed by atoms with Gasteiger partial charge in [-0.3, -0.25) is 4.79 Å². The number of carbonyl (C=O) groups excluding carboxylic acids is 1. The van der Waals surface area contributed by atoms with Crippen LogP contribution in [0.1, 0.15) is 58.0 Å². The Balaban J connectivity index is 0.000000847. The molecule has 0 bridgehead atoms. The first kappa shape index (κ1) is 16.4. The normalized spacial score (nSPS) is 15.5. The number of nitrogens with zero attached hydrogens (tertiary/aromatic N) is 4. The Morgan fingerprint density at radius 2 is 2.00 bits per heavy atom. The molecule has 1 aliphatic rings. The summed E-state index contributed by atoms with van der Waals surface area (Å²) in [5.74, 6) is 0.787. The van der Waals surface area contributed by atoms with E-state index in [9.17, 15) is 4.79 Å². The van der Waals surface area contributed by atoms with Gasteiger partial charge in [0.1, 0.15) is 11.3 Å². The van der Waals surface area contributed by atoms with Crippen LogP contribution in [-0.4, -0.2) is 25.4 Å². The number of primary amides is 1. The van der Waals surface area contributed by atoms with E-state index >= 15 is 0 Å². The van der Waals surface area contributed by atoms with Crippen molar-refractivity contribution in [2.45, 2.75) is 59.9 Å². The molecule has 0 aromatic carbocycles. The van der Waals surface area contributed by atoms with Crippen molar-refractivity contribution >= 4 is 17.1 Å². The van der Waals surface area contributed by atoms with Crippen LogP contribution in [0.5, 0.6) is 0 Å². The highest BCUT2D eigenvalue weighted by Gasteiger charge is 2.49. The van der Waals surface area contributed by atoms with Gasteiger partial charge in [0.2, 0.25) is 5.91 Å². The standard InChI is InChI=1S/C14H19N5O.C2H6/c1-8(2)10-11-12(18-9(3)17-10)19(7-16-11)6-14(4-5-14)13(15)20;1-2/h7-8H,4-6H2,1-3H3,(H2,15,20);1-2H3. The van der Waals surface area contributed by atoms with E-state index in [-0.39, 0.29) is 11.8 Å². The Kier molecular flexibility index (Phi) is 4.49. The molecular formula is C16H25N5O. The van der Waals surface area contributed by atoms with E-state index in [0.29, 0.717) is 6.54 Å². The second kappa shape index (κ2) is 6.02. The Morgan fingerprint density at radius 1 is 1.36 bits per heavy atom. The lowest BCUT2D eigenvalue weighted by molar-refractivity contribution is -0.123. The topological polar surface area (TPSA) is 86.7 Å². The second-order valence-electron chi connectivity index (χ2n) is 6.00. The first-order valence-electron chi connectivity index (χ1n) is 7.92. The van der Waals surface area contributed by atoms with E-state index < -0.39 is 5.41 Å². The molecule has 2 heterocycles. The molecule has 0 saturated heterocycles.